The van der Waals surface area contributed by atoms with Crippen molar-refractivity contribution in [3.05, 3.63) is 64.0 Å². The van der Waals surface area contributed by atoms with E-state index in [2.05, 4.69) is 0 Å². The first kappa shape index (κ1) is 16.6. The number of carbonyl (C=O) groups excluding carboxylic acids is 1. The second-order valence-corrected chi connectivity index (χ2v) is 5.33. The number of methoxy groups -OCH3 is 2. The Hall–Kier alpha value is -3.28. The van der Waals surface area contributed by atoms with Gasteiger partial charge in [-0.2, -0.15) is 0 Å². The maximum Gasteiger partial charge on any atom is 0.351 e. The molecular formula is C19H16O6. The van der Waals surface area contributed by atoms with Gasteiger partial charge in [-0.3, -0.25) is 0 Å². The lowest BCUT2D eigenvalue weighted by atomic mass is 10.1. The lowest BCUT2D eigenvalue weighted by Crippen LogP contribution is -2.12. The Morgan fingerprint density at radius 1 is 1.00 bits per heavy atom. The van der Waals surface area contributed by atoms with E-state index in [1.807, 2.05) is 6.92 Å². The first-order chi connectivity index (χ1) is 12.0. The summed E-state index contributed by atoms with van der Waals surface area (Å²) in [6, 6.07) is 11.3. The van der Waals surface area contributed by atoms with Crippen molar-refractivity contribution in [2.24, 2.45) is 0 Å². The van der Waals surface area contributed by atoms with Gasteiger partial charge in [0.15, 0.2) is 0 Å². The molecule has 3 aromatic rings. The Kier molecular flexibility index (Phi) is 4.43. The molecule has 0 aliphatic rings. The molecule has 0 atom stereocenters. The Morgan fingerprint density at radius 2 is 1.68 bits per heavy atom. The standard InChI is InChI=1S/C19H16O6/c1-11-9-17(20)25-16-10-12(7-8-13(11)16)24-19(21)18-14(22-2)5-4-6-15(18)23-3/h4-10H,1-3H3. The molecule has 0 fully saturated rings. The Bertz CT molecular complexity index is 980. The minimum atomic E-state index is -0.636. The maximum absolute atomic E-state index is 12.6. The summed E-state index contributed by atoms with van der Waals surface area (Å²) < 4.78 is 21.0. The van der Waals surface area contributed by atoms with Crippen molar-refractivity contribution in [3.63, 3.8) is 0 Å². The largest absolute Gasteiger partial charge is 0.496 e. The summed E-state index contributed by atoms with van der Waals surface area (Å²) in [6.45, 7) is 1.81. The van der Waals surface area contributed by atoms with Gasteiger partial charge in [0.05, 0.1) is 14.2 Å². The van der Waals surface area contributed by atoms with Crippen LogP contribution in [0.2, 0.25) is 0 Å². The highest BCUT2D eigenvalue weighted by Crippen LogP contribution is 2.30. The van der Waals surface area contributed by atoms with Gasteiger partial charge < -0.3 is 18.6 Å². The summed E-state index contributed by atoms with van der Waals surface area (Å²) >= 11 is 0. The summed E-state index contributed by atoms with van der Waals surface area (Å²) in [6.07, 6.45) is 0. The molecular weight excluding hydrogens is 324 g/mol. The highest BCUT2D eigenvalue weighted by molar-refractivity contribution is 5.97. The van der Waals surface area contributed by atoms with Crippen molar-refractivity contribution in [1.82, 2.24) is 0 Å². The zero-order valence-electron chi connectivity index (χ0n) is 14.0. The molecule has 0 amide bonds. The summed E-state index contributed by atoms with van der Waals surface area (Å²) in [5.41, 5.74) is 0.857. The number of hydrogen-bond acceptors (Lipinski definition) is 6. The lowest BCUT2D eigenvalue weighted by molar-refractivity contribution is 0.0728. The summed E-state index contributed by atoms with van der Waals surface area (Å²) in [7, 11) is 2.91. The predicted molar refractivity (Wildman–Crippen MR) is 91.7 cm³/mol. The lowest BCUT2D eigenvalue weighted by Gasteiger charge is -2.12. The van der Waals surface area contributed by atoms with E-state index >= 15 is 0 Å². The fourth-order valence-electron chi connectivity index (χ4n) is 2.58. The van der Waals surface area contributed by atoms with E-state index in [9.17, 15) is 9.59 Å². The van der Waals surface area contributed by atoms with Crippen LogP contribution in [-0.2, 0) is 0 Å². The molecule has 2 aromatic carbocycles. The van der Waals surface area contributed by atoms with Gasteiger partial charge in [-0.15, -0.1) is 0 Å². The molecule has 1 heterocycles. The number of hydrogen-bond donors (Lipinski definition) is 0. The predicted octanol–water partition coefficient (Wildman–Crippen LogP) is 3.34. The molecule has 0 aliphatic heterocycles. The summed E-state index contributed by atoms with van der Waals surface area (Å²) in [4.78, 5) is 24.1. The number of rotatable bonds is 4. The molecule has 0 saturated carbocycles. The van der Waals surface area contributed by atoms with Gasteiger partial charge in [-0.25, -0.2) is 9.59 Å². The Balaban J connectivity index is 1.99. The smallest absolute Gasteiger partial charge is 0.351 e. The molecule has 0 aliphatic carbocycles. The van der Waals surface area contributed by atoms with Crippen LogP contribution in [0.4, 0.5) is 0 Å². The van der Waals surface area contributed by atoms with Crippen LogP contribution >= 0.6 is 0 Å². The van der Waals surface area contributed by atoms with Crippen molar-refractivity contribution >= 4 is 16.9 Å². The Morgan fingerprint density at radius 3 is 2.32 bits per heavy atom. The van der Waals surface area contributed by atoms with Crippen molar-refractivity contribution < 1.29 is 23.4 Å². The molecule has 6 nitrogen and oxygen atoms in total. The number of esters is 1. The van der Waals surface area contributed by atoms with Gasteiger partial charge in [0.1, 0.15) is 28.4 Å². The van der Waals surface area contributed by atoms with Crippen LogP contribution in [0.1, 0.15) is 15.9 Å². The quantitative estimate of drug-likeness (QED) is 0.412. The third kappa shape index (κ3) is 3.19. The molecule has 25 heavy (non-hydrogen) atoms. The SMILES string of the molecule is COc1cccc(OC)c1C(=O)Oc1ccc2c(C)cc(=O)oc2c1. The zero-order valence-corrected chi connectivity index (χ0v) is 14.0. The molecule has 128 valence electrons. The van der Waals surface area contributed by atoms with Gasteiger partial charge in [-0.05, 0) is 36.8 Å². The van der Waals surface area contributed by atoms with Gasteiger partial charge in [0.2, 0.25) is 0 Å². The maximum atomic E-state index is 12.6. The van der Waals surface area contributed by atoms with Crippen molar-refractivity contribution in [2.45, 2.75) is 6.92 Å². The molecule has 0 unspecified atom stereocenters. The van der Waals surface area contributed by atoms with Crippen molar-refractivity contribution in [1.29, 1.82) is 0 Å². The molecule has 0 N–H and O–H groups in total. The average molecular weight is 340 g/mol. The topological polar surface area (TPSA) is 75.0 Å². The number of ether oxygens (including phenoxy) is 3. The number of fused-ring (bicyclic) bond motifs is 1. The van der Waals surface area contributed by atoms with Crippen LogP contribution in [0.3, 0.4) is 0 Å². The summed E-state index contributed by atoms with van der Waals surface area (Å²) in [5.74, 6) is 0.294. The normalized spacial score (nSPS) is 10.5. The third-order valence-corrected chi connectivity index (χ3v) is 3.77. The fraction of sp³-hybridized carbons (Fsp3) is 0.158. The van der Waals surface area contributed by atoms with Crippen LogP contribution < -0.4 is 19.8 Å². The van der Waals surface area contributed by atoms with Gasteiger partial charge in [-0.1, -0.05) is 6.07 Å². The van der Waals surface area contributed by atoms with E-state index in [0.29, 0.717) is 17.1 Å². The van der Waals surface area contributed by atoms with Crippen molar-refractivity contribution in [2.75, 3.05) is 14.2 Å². The number of carbonyl (C=O) groups is 1. The summed E-state index contributed by atoms with van der Waals surface area (Å²) in [5, 5.41) is 0.772. The van der Waals surface area contributed by atoms with Crippen LogP contribution in [0, 0.1) is 6.92 Å². The molecule has 0 spiro atoms. The minimum absolute atomic E-state index is 0.179. The van der Waals surface area contributed by atoms with Crippen LogP contribution in [0.5, 0.6) is 17.2 Å². The molecule has 6 heteroatoms. The molecule has 0 bridgehead atoms. The van der Waals surface area contributed by atoms with Gasteiger partial charge in [0, 0.05) is 17.5 Å². The second-order valence-electron chi connectivity index (χ2n) is 5.33. The first-order valence-corrected chi connectivity index (χ1v) is 7.51. The van der Waals surface area contributed by atoms with Crippen LogP contribution in [-0.4, -0.2) is 20.2 Å². The average Bonchev–Trinajstić information content (AvgIpc) is 2.60. The van der Waals surface area contributed by atoms with Gasteiger partial charge in [0.25, 0.3) is 0 Å². The molecule has 3 rings (SSSR count). The van der Waals surface area contributed by atoms with Crippen LogP contribution in [0.25, 0.3) is 11.0 Å². The van der Waals surface area contributed by atoms with Crippen LogP contribution in [0.15, 0.2) is 51.7 Å². The number of aryl methyl sites for hydroxylation is 1. The minimum Gasteiger partial charge on any atom is -0.496 e. The molecule has 0 saturated heterocycles. The molecule has 0 radical (unpaired) electrons. The van der Waals surface area contributed by atoms with E-state index in [0.717, 1.165) is 10.9 Å². The van der Waals surface area contributed by atoms with Gasteiger partial charge >= 0.3 is 11.6 Å². The first-order valence-electron chi connectivity index (χ1n) is 7.51. The fourth-order valence-corrected chi connectivity index (χ4v) is 2.58. The zero-order chi connectivity index (χ0) is 18.0. The monoisotopic (exact) mass is 340 g/mol. The van der Waals surface area contributed by atoms with E-state index in [1.165, 1.54) is 26.4 Å². The molecule has 1 aromatic heterocycles. The van der Waals surface area contributed by atoms with E-state index in [-0.39, 0.29) is 11.3 Å². The highest BCUT2D eigenvalue weighted by Gasteiger charge is 2.20. The van der Waals surface area contributed by atoms with E-state index in [1.54, 1.807) is 30.3 Å². The van der Waals surface area contributed by atoms with E-state index < -0.39 is 11.6 Å². The van der Waals surface area contributed by atoms with Crippen molar-refractivity contribution in [3.8, 4) is 17.2 Å². The number of benzene rings is 2. The second kappa shape index (κ2) is 6.68. The highest BCUT2D eigenvalue weighted by atomic mass is 16.5. The van der Waals surface area contributed by atoms with E-state index in [4.69, 9.17) is 18.6 Å². The Labute approximate surface area is 143 Å². The third-order valence-electron chi connectivity index (χ3n) is 3.77.